The molecule has 0 aliphatic carbocycles. The summed E-state index contributed by atoms with van der Waals surface area (Å²) in [6.07, 6.45) is 0. The molecule has 0 amide bonds. The van der Waals surface area contributed by atoms with Crippen molar-refractivity contribution in [2.75, 3.05) is 5.75 Å². The van der Waals surface area contributed by atoms with Crippen molar-refractivity contribution in [3.05, 3.63) is 60.7 Å². The summed E-state index contributed by atoms with van der Waals surface area (Å²) in [6.45, 7) is 2.10. The number of nitrogens with zero attached hydrogens (tertiary/aromatic N) is 1. The van der Waals surface area contributed by atoms with Crippen molar-refractivity contribution in [1.29, 1.82) is 0 Å². The Balaban J connectivity index is 2.13. The highest BCUT2D eigenvalue weighted by Gasteiger charge is 2.16. The van der Waals surface area contributed by atoms with E-state index in [1.54, 1.807) is 11.8 Å². The molecule has 0 unspecified atom stereocenters. The highest BCUT2D eigenvalue weighted by Crippen LogP contribution is 2.35. The van der Waals surface area contributed by atoms with Crippen molar-refractivity contribution in [3.63, 3.8) is 0 Å². The molecule has 20 heavy (non-hydrogen) atoms. The van der Waals surface area contributed by atoms with Gasteiger partial charge in [-0.3, -0.25) is 0 Å². The highest BCUT2D eigenvalue weighted by molar-refractivity contribution is 7.99. The Bertz CT molecular complexity index is 620. The lowest BCUT2D eigenvalue weighted by Crippen LogP contribution is -1.81. The summed E-state index contributed by atoms with van der Waals surface area (Å²) in [5.41, 5.74) is 3.05. The predicted molar refractivity (Wildman–Crippen MR) is 83.8 cm³/mol. The van der Waals surface area contributed by atoms with Gasteiger partial charge in [0.15, 0.2) is 5.76 Å². The molecule has 0 spiro atoms. The van der Waals surface area contributed by atoms with Gasteiger partial charge in [0.25, 0.3) is 5.22 Å². The molecule has 0 N–H and O–H groups in total. The quantitative estimate of drug-likeness (QED) is 0.621. The van der Waals surface area contributed by atoms with Gasteiger partial charge in [0.1, 0.15) is 5.69 Å². The van der Waals surface area contributed by atoms with E-state index in [1.807, 2.05) is 48.5 Å². The third-order valence-electron chi connectivity index (χ3n) is 2.96. The largest absolute Gasteiger partial charge is 0.431 e. The molecule has 0 atom stereocenters. The van der Waals surface area contributed by atoms with Crippen LogP contribution in [0.2, 0.25) is 0 Å². The molecule has 0 bridgehead atoms. The van der Waals surface area contributed by atoms with E-state index in [4.69, 9.17) is 4.42 Å². The molecule has 3 heteroatoms. The molecule has 0 fully saturated rings. The maximum atomic E-state index is 5.95. The van der Waals surface area contributed by atoms with Crippen LogP contribution in [0.1, 0.15) is 6.92 Å². The lowest BCUT2D eigenvalue weighted by atomic mass is 10.1. The summed E-state index contributed by atoms with van der Waals surface area (Å²) >= 11 is 1.62. The molecule has 0 saturated heterocycles. The summed E-state index contributed by atoms with van der Waals surface area (Å²) in [4.78, 5) is 4.64. The molecule has 0 radical (unpaired) electrons. The van der Waals surface area contributed by atoms with Crippen LogP contribution in [0.4, 0.5) is 0 Å². The molecule has 1 aromatic heterocycles. The van der Waals surface area contributed by atoms with E-state index >= 15 is 0 Å². The third kappa shape index (κ3) is 2.63. The van der Waals surface area contributed by atoms with Gasteiger partial charge in [-0.15, -0.1) is 0 Å². The summed E-state index contributed by atoms with van der Waals surface area (Å²) in [5.74, 6) is 1.79. The van der Waals surface area contributed by atoms with Gasteiger partial charge in [-0.05, 0) is 5.75 Å². The Labute approximate surface area is 122 Å². The fourth-order valence-electron chi connectivity index (χ4n) is 2.06. The number of aromatic nitrogens is 1. The van der Waals surface area contributed by atoms with Crippen LogP contribution in [0, 0.1) is 0 Å². The van der Waals surface area contributed by atoms with Crippen molar-refractivity contribution in [3.8, 4) is 22.6 Å². The normalized spacial score (nSPS) is 10.7. The molecule has 1 heterocycles. The third-order valence-corrected chi connectivity index (χ3v) is 3.67. The Kier molecular flexibility index (Phi) is 3.88. The highest BCUT2D eigenvalue weighted by atomic mass is 32.2. The van der Waals surface area contributed by atoms with Crippen molar-refractivity contribution >= 4 is 11.8 Å². The van der Waals surface area contributed by atoms with Crippen LogP contribution in [0.5, 0.6) is 0 Å². The summed E-state index contributed by atoms with van der Waals surface area (Å²) < 4.78 is 5.95. The van der Waals surface area contributed by atoms with Gasteiger partial charge in [0, 0.05) is 11.1 Å². The Hall–Kier alpha value is -2.00. The molecular formula is C17H15NOS. The second kappa shape index (κ2) is 5.97. The van der Waals surface area contributed by atoms with Crippen molar-refractivity contribution in [2.24, 2.45) is 0 Å². The Morgan fingerprint density at radius 3 is 2.10 bits per heavy atom. The van der Waals surface area contributed by atoms with Gasteiger partial charge < -0.3 is 4.42 Å². The SMILES string of the molecule is CCSc1nc(-c2ccccc2)c(-c2ccccc2)o1. The first-order chi connectivity index (χ1) is 9.88. The van der Waals surface area contributed by atoms with E-state index in [0.29, 0.717) is 0 Å². The first-order valence-corrected chi connectivity index (χ1v) is 7.61. The van der Waals surface area contributed by atoms with Gasteiger partial charge >= 0.3 is 0 Å². The van der Waals surface area contributed by atoms with Crippen LogP contribution in [-0.4, -0.2) is 10.7 Å². The fourth-order valence-corrected chi connectivity index (χ4v) is 2.61. The second-order valence-corrected chi connectivity index (χ2v) is 5.54. The van der Waals surface area contributed by atoms with Gasteiger partial charge in [0.2, 0.25) is 0 Å². The van der Waals surface area contributed by atoms with Gasteiger partial charge in [-0.25, -0.2) is 4.98 Å². The van der Waals surface area contributed by atoms with E-state index < -0.39 is 0 Å². The Morgan fingerprint density at radius 2 is 1.50 bits per heavy atom. The standard InChI is InChI=1S/C17H15NOS/c1-2-20-17-18-15(13-9-5-3-6-10-13)16(19-17)14-11-7-4-8-12-14/h3-12H,2H2,1H3. The predicted octanol–water partition coefficient (Wildman–Crippen LogP) is 5.12. The molecular weight excluding hydrogens is 266 g/mol. The van der Waals surface area contributed by atoms with Gasteiger partial charge in [0.05, 0.1) is 0 Å². The van der Waals surface area contributed by atoms with Crippen LogP contribution < -0.4 is 0 Å². The van der Waals surface area contributed by atoms with Crippen molar-refractivity contribution in [1.82, 2.24) is 4.98 Å². The minimum Gasteiger partial charge on any atom is -0.431 e. The maximum absolute atomic E-state index is 5.95. The second-order valence-electron chi connectivity index (χ2n) is 4.32. The van der Waals surface area contributed by atoms with E-state index in [1.165, 1.54) is 0 Å². The van der Waals surface area contributed by atoms with E-state index in [2.05, 4.69) is 24.0 Å². The average molecular weight is 281 g/mol. The number of hydrogen-bond donors (Lipinski definition) is 0. The molecule has 0 aliphatic heterocycles. The molecule has 0 aliphatic rings. The van der Waals surface area contributed by atoms with Crippen LogP contribution in [0.25, 0.3) is 22.6 Å². The first-order valence-electron chi connectivity index (χ1n) is 6.63. The van der Waals surface area contributed by atoms with Gasteiger partial charge in [-0.2, -0.15) is 0 Å². The van der Waals surface area contributed by atoms with Crippen molar-refractivity contribution < 1.29 is 4.42 Å². The molecule has 100 valence electrons. The number of thioether (sulfide) groups is 1. The molecule has 3 aromatic rings. The van der Waals surface area contributed by atoms with E-state index in [0.717, 1.165) is 33.6 Å². The van der Waals surface area contributed by atoms with Crippen LogP contribution in [0.3, 0.4) is 0 Å². The Morgan fingerprint density at radius 1 is 0.900 bits per heavy atom. The van der Waals surface area contributed by atoms with Crippen LogP contribution in [0.15, 0.2) is 70.3 Å². The summed E-state index contributed by atoms with van der Waals surface area (Å²) in [6, 6.07) is 20.3. The smallest absolute Gasteiger partial charge is 0.256 e. The molecule has 0 saturated carbocycles. The number of benzene rings is 2. The summed E-state index contributed by atoms with van der Waals surface area (Å²) in [7, 11) is 0. The van der Waals surface area contributed by atoms with Gasteiger partial charge in [-0.1, -0.05) is 79.3 Å². The topological polar surface area (TPSA) is 26.0 Å². The minimum atomic E-state index is 0.727. The molecule has 2 aromatic carbocycles. The first kappa shape index (κ1) is 13.0. The zero-order valence-electron chi connectivity index (χ0n) is 11.2. The van der Waals surface area contributed by atoms with E-state index in [9.17, 15) is 0 Å². The zero-order chi connectivity index (χ0) is 13.8. The van der Waals surface area contributed by atoms with Crippen LogP contribution in [-0.2, 0) is 0 Å². The maximum Gasteiger partial charge on any atom is 0.256 e. The number of oxazole rings is 1. The zero-order valence-corrected chi connectivity index (χ0v) is 12.1. The molecule has 3 rings (SSSR count). The van der Waals surface area contributed by atoms with Crippen LogP contribution >= 0.6 is 11.8 Å². The minimum absolute atomic E-state index is 0.727. The lowest BCUT2D eigenvalue weighted by Gasteiger charge is -2.00. The van der Waals surface area contributed by atoms with E-state index in [-0.39, 0.29) is 0 Å². The molecule has 2 nitrogen and oxygen atoms in total. The monoisotopic (exact) mass is 281 g/mol. The number of rotatable bonds is 4. The lowest BCUT2D eigenvalue weighted by molar-refractivity contribution is 0.466. The fraction of sp³-hybridized carbons (Fsp3) is 0.118. The number of hydrogen-bond acceptors (Lipinski definition) is 3. The summed E-state index contributed by atoms with van der Waals surface area (Å²) in [5, 5.41) is 0.727. The average Bonchev–Trinajstić information content (AvgIpc) is 2.93. The van der Waals surface area contributed by atoms with Crippen molar-refractivity contribution in [2.45, 2.75) is 12.1 Å².